The molecule has 3 heterocycles. The van der Waals surface area contributed by atoms with Gasteiger partial charge >= 0.3 is 0 Å². The van der Waals surface area contributed by atoms with E-state index in [-0.39, 0.29) is 23.2 Å². The molecule has 0 saturated heterocycles. The van der Waals surface area contributed by atoms with E-state index >= 15 is 0 Å². The number of aromatic nitrogens is 8. The third-order valence-corrected chi connectivity index (χ3v) is 5.23. The van der Waals surface area contributed by atoms with Crippen LogP contribution in [0, 0.1) is 34.1 Å². The SMILES string of the molecule is Cc1c(-c2nnc(-c3nnn(-c4ccc([N+](=O)[O-])cc4)c3C)o2)nnn1-c1ccc([N+](=O)[O-])cc1. The van der Waals surface area contributed by atoms with Gasteiger partial charge in [0.05, 0.1) is 32.6 Å². The molecule has 0 amide bonds. The van der Waals surface area contributed by atoms with Gasteiger partial charge in [-0.25, -0.2) is 9.36 Å². The molecule has 0 atom stereocenters. The zero-order valence-corrected chi connectivity index (χ0v) is 18.1. The average molecular weight is 474 g/mol. The summed E-state index contributed by atoms with van der Waals surface area (Å²) in [7, 11) is 0. The topological polar surface area (TPSA) is 187 Å². The summed E-state index contributed by atoms with van der Waals surface area (Å²) >= 11 is 0. The zero-order chi connectivity index (χ0) is 24.7. The van der Waals surface area contributed by atoms with Crippen molar-refractivity contribution >= 4 is 11.4 Å². The van der Waals surface area contributed by atoms with E-state index in [1.165, 1.54) is 33.6 Å². The van der Waals surface area contributed by atoms with Gasteiger partial charge in [0.15, 0.2) is 11.4 Å². The molecule has 0 aliphatic heterocycles. The standard InChI is InChI=1S/C20H14N10O5/c1-11-17(21-25-27(11)13-3-7-15(8-4-13)29(31)32)19-23-24-20(35-19)18-12(2)28(26-22-18)14-5-9-16(10-6-14)30(33)34/h3-10H,1-2H3. The summed E-state index contributed by atoms with van der Waals surface area (Å²) in [4.78, 5) is 20.8. The number of nitro groups is 2. The minimum Gasteiger partial charge on any atom is -0.413 e. The van der Waals surface area contributed by atoms with Crippen molar-refractivity contribution in [2.45, 2.75) is 13.8 Å². The molecule has 5 rings (SSSR count). The molecule has 174 valence electrons. The average Bonchev–Trinajstić information content (AvgIpc) is 3.57. The maximum Gasteiger partial charge on any atom is 0.270 e. The molecule has 0 bridgehead atoms. The zero-order valence-electron chi connectivity index (χ0n) is 18.1. The highest BCUT2D eigenvalue weighted by Gasteiger charge is 2.22. The van der Waals surface area contributed by atoms with Gasteiger partial charge in [-0.05, 0) is 38.1 Å². The number of hydrogen-bond donors (Lipinski definition) is 0. The van der Waals surface area contributed by atoms with Crippen LogP contribution in [0.3, 0.4) is 0 Å². The molecule has 0 aliphatic carbocycles. The van der Waals surface area contributed by atoms with Gasteiger partial charge in [-0.2, -0.15) is 0 Å². The molecular weight excluding hydrogens is 460 g/mol. The molecule has 0 fully saturated rings. The lowest BCUT2D eigenvalue weighted by Gasteiger charge is -2.02. The van der Waals surface area contributed by atoms with Gasteiger partial charge in [0.25, 0.3) is 23.2 Å². The first-order chi connectivity index (χ1) is 16.8. The van der Waals surface area contributed by atoms with Crippen molar-refractivity contribution in [1.29, 1.82) is 0 Å². The van der Waals surface area contributed by atoms with Gasteiger partial charge in [-0.3, -0.25) is 20.2 Å². The largest absolute Gasteiger partial charge is 0.413 e. The highest BCUT2D eigenvalue weighted by Crippen LogP contribution is 2.27. The van der Waals surface area contributed by atoms with E-state index in [0.717, 1.165) is 0 Å². The molecule has 15 heteroatoms. The highest BCUT2D eigenvalue weighted by molar-refractivity contribution is 5.57. The molecule has 5 aromatic rings. The number of benzene rings is 2. The summed E-state index contributed by atoms with van der Waals surface area (Å²) in [5.41, 5.74) is 2.92. The lowest BCUT2D eigenvalue weighted by molar-refractivity contribution is -0.385. The van der Waals surface area contributed by atoms with Crippen LogP contribution in [0.25, 0.3) is 34.5 Å². The Morgan fingerprint density at radius 3 is 1.37 bits per heavy atom. The third-order valence-electron chi connectivity index (χ3n) is 5.23. The Hall–Kier alpha value is -5.34. The Kier molecular flexibility index (Phi) is 5.05. The second-order valence-corrected chi connectivity index (χ2v) is 7.33. The maximum atomic E-state index is 10.9. The second-order valence-electron chi connectivity index (χ2n) is 7.33. The fourth-order valence-electron chi connectivity index (χ4n) is 3.39. The Bertz CT molecular complexity index is 1450. The van der Waals surface area contributed by atoms with Crippen LogP contribution < -0.4 is 0 Å². The molecule has 0 aliphatic rings. The number of hydrogen-bond acceptors (Lipinski definition) is 11. The van der Waals surface area contributed by atoms with E-state index in [1.807, 2.05) is 0 Å². The van der Waals surface area contributed by atoms with Crippen molar-refractivity contribution in [1.82, 2.24) is 40.2 Å². The molecule has 3 aromatic heterocycles. The third kappa shape index (κ3) is 3.75. The van der Waals surface area contributed by atoms with Gasteiger partial charge in [0, 0.05) is 24.3 Å². The summed E-state index contributed by atoms with van der Waals surface area (Å²) in [5, 5.41) is 46.2. The fraction of sp³-hybridized carbons (Fsp3) is 0.100. The fourth-order valence-corrected chi connectivity index (χ4v) is 3.39. The Morgan fingerprint density at radius 1 is 0.657 bits per heavy atom. The van der Waals surface area contributed by atoms with Gasteiger partial charge in [0.1, 0.15) is 0 Å². The van der Waals surface area contributed by atoms with Crippen molar-refractivity contribution in [3.8, 4) is 34.5 Å². The van der Waals surface area contributed by atoms with Crippen LogP contribution in [0.2, 0.25) is 0 Å². The summed E-state index contributed by atoms with van der Waals surface area (Å²) in [6, 6.07) is 11.7. The molecule has 0 N–H and O–H groups in total. The predicted octanol–water partition coefficient (Wildman–Crippen LogP) is 3.00. The molecule has 0 saturated carbocycles. The van der Waals surface area contributed by atoms with E-state index in [9.17, 15) is 20.2 Å². The molecule has 2 aromatic carbocycles. The van der Waals surface area contributed by atoms with E-state index in [2.05, 4.69) is 30.8 Å². The monoisotopic (exact) mass is 474 g/mol. The van der Waals surface area contributed by atoms with Gasteiger partial charge in [-0.15, -0.1) is 20.4 Å². The van der Waals surface area contributed by atoms with Crippen molar-refractivity contribution < 1.29 is 14.3 Å². The first-order valence-corrected chi connectivity index (χ1v) is 10.0. The molecule has 0 radical (unpaired) electrons. The normalized spacial score (nSPS) is 11.0. The number of non-ortho nitro benzene ring substituents is 2. The van der Waals surface area contributed by atoms with Crippen LogP contribution in [0.1, 0.15) is 11.4 Å². The molecule has 0 spiro atoms. The minimum absolute atomic E-state index is 0.0366. The van der Waals surface area contributed by atoms with E-state index < -0.39 is 9.85 Å². The molecular formula is C20H14N10O5. The smallest absolute Gasteiger partial charge is 0.270 e. The van der Waals surface area contributed by atoms with Crippen LogP contribution in [0.4, 0.5) is 11.4 Å². The van der Waals surface area contributed by atoms with Gasteiger partial charge in [0.2, 0.25) is 0 Å². The van der Waals surface area contributed by atoms with Crippen molar-refractivity contribution in [2.75, 3.05) is 0 Å². The first kappa shape index (κ1) is 21.5. The van der Waals surface area contributed by atoms with E-state index in [1.54, 1.807) is 38.1 Å². The van der Waals surface area contributed by atoms with Crippen LogP contribution in [-0.4, -0.2) is 50.0 Å². The summed E-state index contributed by atoms with van der Waals surface area (Å²) in [5.74, 6) is 0.213. The van der Waals surface area contributed by atoms with Crippen molar-refractivity contribution in [3.63, 3.8) is 0 Å². The number of nitro benzene ring substituents is 2. The quantitative estimate of drug-likeness (QED) is 0.260. The van der Waals surface area contributed by atoms with E-state index in [4.69, 9.17) is 4.42 Å². The van der Waals surface area contributed by atoms with Crippen molar-refractivity contribution in [3.05, 3.63) is 80.1 Å². The Morgan fingerprint density at radius 2 is 1.03 bits per heavy atom. The lowest BCUT2D eigenvalue weighted by Crippen LogP contribution is -1.99. The summed E-state index contributed by atoms with van der Waals surface area (Å²) in [6.45, 7) is 3.49. The van der Waals surface area contributed by atoms with Crippen LogP contribution in [-0.2, 0) is 0 Å². The summed E-state index contributed by atoms with van der Waals surface area (Å²) < 4.78 is 8.78. The summed E-state index contributed by atoms with van der Waals surface area (Å²) in [6.07, 6.45) is 0. The first-order valence-electron chi connectivity index (χ1n) is 10.0. The lowest BCUT2D eigenvalue weighted by atomic mass is 10.2. The maximum absolute atomic E-state index is 10.9. The van der Waals surface area contributed by atoms with Crippen molar-refractivity contribution in [2.24, 2.45) is 0 Å². The van der Waals surface area contributed by atoms with Crippen LogP contribution in [0.5, 0.6) is 0 Å². The highest BCUT2D eigenvalue weighted by atomic mass is 16.6. The molecule has 15 nitrogen and oxygen atoms in total. The second kappa shape index (κ2) is 8.22. The number of nitrogens with zero attached hydrogens (tertiary/aromatic N) is 10. The molecule has 0 unspecified atom stereocenters. The van der Waals surface area contributed by atoms with Gasteiger partial charge < -0.3 is 4.42 Å². The van der Waals surface area contributed by atoms with Crippen LogP contribution in [0.15, 0.2) is 52.9 Å². The van der Waals surface area contributed by atoms with E-state index in [0.29, 0.717) is 34.2 Å². The Balaban J connectivity index is 1.43. The van der Waals surface area contributed by atoms with Crippen LogP contribution >= 0.6 is 0 Å². The predicted molar refractivity (Wildman–Crippen MR) is 118 cm³/mol. The minimum atomic E-state index is -0.483. The Labute approximate surface area is 194 Å². The molecule has 35 heavy (non-hydrogen) atoms. The van der Waals surface area contributed by atoms with Gasteiger partial charge in [-0.1, -0.05) is 10.4 Å². The number of rotatable bonds is 6.